The molecule has 0 radical (unpaired) electrons. The molecule has 0 spiro atoms. The van der Waals surface area contributed by atoms with Crippen molar-refractivity contribution in [1.29, 1.82) is 0 Å². The van der Waals surface area contributed by atoms with E-state index in [0.717, 1.165) is 16.8 Å². The van der Waals surface area contributed by atoms with Gasteiger partial charge in [0.25, 0.3) is 0 Å². The zero-order chi connectivity index (χ0) is 16.7. The van der Waals surface area contributed by atoms with E-state index in [1.807, 2.05) is 61.5 Å². The molecule has 0 saturated carbocycles. The smallest absolute Gasteiger partial charge is 0.216 e. The van der Waals surface area contributed by atoms with Crippen LogP contribution in [0.25, 0.3) is 0 Å². The molecule has 2 aromatic rings. The molecule has 0 aliphatic heterocycles. The highest BCUT2D eigenvalue weighted by atomic mass is 32.2. The van der Waals surface area contributed by atoms with E-state index in [4.69, 9.17) is 0 Å². The molecule has 0 amide bonds. The first-order chi connectivity index (χ1) is 11.0. The predicted molar refractivity (Wildman–Crippen MR) is 94.7 cm³/mol. The van der Waals surface area contributed by atoms with Crippen molar-refractivity contribution in [2.75, 3.05) is 25.5 Å². The zero-order valence-electron chi connectivity index (χ0n) is 13.3. The SMILES string of the molecule is CN(C)c1ccccc1C#CCNS(=O)(=O)Cc1ccccc1. The molecule has 0 fully saturated rings. The molecule has 0 aliphatic rings. The van der Waals surface area contributed by atoms with E-state index in [9.17, 15) is 8.42 Å². The van der Waals surface area contributed by atoms with Crippen molar-refractivity contribution in [1.82, 2.24) is 4.72 Å². The second-order valence-electron chi connectivity index (χ2n) is 5.28. The van der Waals surface area contributed by atoms with Gasteiger partial charge in [0.15, 0.2) is 0 Å². The van der Waals surface area contributed by atoms with E-state index in [2.05, 4.69) is 16.6 Å². The summed E-state index contributed by atoms with van der Waals surface area (Å²) in [6.07, 6.45) is 0. The summed E-state index contributed by atoms with van der Waals surface area (Å²) >= 11 is 0. The van der Waals surface area contributed by atoms with E-state index >= 15 is 0 Å². The Morgan fingerprint density at radius 2 is 1.65 bits per heavy atom. The van der Waals surface area contributed by atoms with Crippen LogP contribution >= 0.6 is 0 Å². The van der Waals surface area contributed by atoms with Crippen LogP contribution in [0.4, 0.5) is 5.69 Å². The maximum Gasteiger partial charge on any atom is 0.216 e. The van der Waals surface area contributed by atoms with Crippen LogP contribution < -0.4 is 9.62 Å². The van der Waals surface area contributed by atoms with E-state index in [1.165, 1.54) is 0 Å². The average molecular weight is 328 g/mol. The van der Waals surface area contributed by atoms with Gasteiger partial charge in [0, 0.05) is 19.7 Å². The maximum atomic E-state index is 12.0. The van der Waals surface area contributed by atoms with E-state index in [-0.39, 0.29) is 12.3 Å². The lowest BCUT2D eigenvalue weighted by Crippen LogP contribution is -2.25. The van der Waals surface area contributed by atoms with Gasteiger partial charge in [0.1, 0.15) is 0 Å². The Kier molecular flexibility index (Phi) is 5.80. The molecule has 4 nitrogen and oxygen atoms in total. The summed E-state index contributed by atoms with van der Waals surface area (Å²) in [6, 6.07) is 16.8. The van der Waals surface area contributed by atoms with Crippen LogP contribution in [0, 0.1) is 11.8 Å². The zero-order valence-corrected chi connectivity index (χ0v) is 14.1. The molecule has 5 heteroatoms. The summed E-state index contributed by atoms with van der Waals surface area (Å²) in [5.41, 5.74) is 2.64. The Morgan fingerprint density at radius 1 is 1.00 bits per heavy atom. The first kappa shape index (κ1) is 17.1. The van der Waals surface area contributed by atoms with Crippen LogP contribution in [0.3, 0.4) is 0 Å². The summed E-state index contributed by atoms with van der Waals surface area (Å²) in [6.45, 7) is 0.0942. The number of para-hydroxylation sites is 1. The molecule has 0 aliphatic carbocycles. The summed E-state index contributed by atoms with van der Waals surface area (Å²) < 4.78 is 26.5. The topological polar surface area (TPSA) is 49.4 Å². The Bertz CT molecular complexity index is 804. The fraction of sp³-hybridized carbons (Fsp3) is 0.222. The standard InChI is InChI=1S/C18H20N2O2S/c1-20(2)18-13-7-6-11-17(18)12-8-14-19-23(21,22)15-16-9-4-3-5-10-16/h3-7,9-11,13,19H,14-15H2,1-2H3. The molecule has 120 valence electrons. The van der Waals surface area contributed by atoms with Gasteiger partial charge in [0.2, 0.25) is 10.0 Å². The fourth-order valence-electron chi connectivity index (χ4n) is 2.10. The van der Waals surface area contributed by atoms with Gasteiger partial charge < -0.3 is 4.90 Å². The first-order valence-corrected chi connectivity index (χ1v) is 8.90. The quantitative estimate of drug-likeness (QED) is 0.856. The minimum absolute atomic E-state index is 0.0379. The molecular formula is C18H20N2O2S. The Morgan fingerprint density at radius 3 is 2.35 bits per heavy atom. The van der Waals surface area contributed by atoms with E-state index in [1.54, 1.807) is 12.1 Å². The highest BCUT2D eigenvalue weighted by Crippen LogP contribution is 2.16. The van der Waals surface area contributed by atoms with Gasteiger partial charge in [-0.3, -0.25) is 0 Å². The summed E-state index contributed by atoms with van der Waals surface area (Å²) in [5.74, 6) is 5.85. The lowest BCUT2D eigenvalue weighted by Gasteiger charge is -2.13. The van der Waals surface area contributed by atoms with Crippen LogP contribution in [-0.2, 0) is 15.8 Å². The number of hydrogen-bond acceptors (Lipinski definition) is 3. The van der Waals surface area contributed by atoms with Gasteiger partial charge in [-0.15, -0.1) is 0 Å². The number of rotatable bonds is 5. The third-order valence-electron chi connectivity index (χ3n) is 3.19. The van der Waals surface area contributed by atoms with Crippen LogP contribution in [0.1, 0.15) is 11.1 Å². The van der Waals surface area contributed by atoms with Crippen LogP contribution in [0.15, 0.2) is 54.6 Å². The highest BCUT2D eigenvalue weighted by molar-refractivity contribution is 7.88. The van der Waals surface area contributed by atoms with Crippen molar-refractivity contribution in [3.63, 3.8) is 0 Å². The van der Waals surface area contributed by atoms with E-state index in [0.29, 0.717) is 0 Å². The molecule has 1 N–H and O–H groups in total. The largest absolute Gasteiger partial charge is 0.377 e. The van der Waals surface area contributed by atoms with Crippen LogP contribution in [0.2, 0.25) is 0 Å². The molecule has 0 aromatic heterocycles. The van der Waals surface area contributed by atoms with E-state index < -0.39 is 10.0 Å². The minimum Gasteiger partial charge on any atom is -0.377 e. The monoisotopic (exact) mass is 328 g/mol. The summed E-state index contributed by atoms with van der Waals surface area (Å²) in [5, 5.41) is 0. The molecular weight excluding hydrogens is 308 g/mol. The molecule has 0 bridgehead atoms. The Hall–Kier alpha value is -2.29. The van der Waals surface area contributed by atoms with Crippen molar-refractivity contribution >= 4 is 15.7 Å². The Labute approximate surface area is 138 Å². The number of nitrogens with zero attached hydrogens (tertiary/aromatic N) is 1. The number of benzene rings is 2. The van der Waals surface area contributed by atoms with Gasteiger partial charge in [-0.1, -0.05) is 54.3 Å². The van der Waals surface area contributed by atoms with Gasteiger partial charge in [0.05, 0.1) is 18.0 Å². The third-order valence-corrected chi connectivity index (χ3v) is 4.49. The van der Waals surface area contributed by atoms with Crippen LogP contribution in [-0.4, -0.2) is 29.1 Å². The second-order valence-corrected chi connectivity index (χ2v) is 7.09. The predicted octanol–water partition coefficient (Wildman–Crippen LogP) is 2.22. The van der Waals surface area contributed by atoms with Crippen molar-refractivity contribution in [3.8, 4) is 11.8 Å². The summed E-state index contributed by atoms with van der Waals surface area (Å²) in [7, 11) is 0.517. The van der Waals surface area contributed by atoms with Crippen molar-refractivity contribution in [2.45, 2.75) is 5.75 Å². The minimum atomic E-state index is -3.38. The molecule has 0 saturated heterocycles. The lowest BCUT2D eigenvalue weighted by molar-refractivity contribution is 0.585. The number of anilines is 1. The number of sulfonamides is 1. The highest BCUT2D eigenvalue weighted by Gasteiger charge is 2.09. The van der Waals surface area contributed by atoms with Gasteiger partial charge in [-0.25, -0.2) is 13.1 Å². The van der Waals surface area contributed by atoms with Crippen molar-refractivity contribution < 1.29 is 8.42 Å². The van der Waals surface area contributed by atoms with Crippen LogP contribution in [0.5, 0.6) is 0 Å². The third kappa shape index (κ3) is 5.44. The lowest BCUT2D eigenvalue weighted by atomic mass is 10.1. The first-order valence-electron chi connectivity index (χ1n) is 7.24. The molecule has 23 heavy (non-hydrogen) atoms. The number of hydrogen-bond donors (Lipinski definition) is 1. The number of nitrogens with one attached hydrogen (secondary N) is 1. The molecule has 2 rings (SSSR count). The Balaban J connectivity index is 1.98. The molecule has 0 unspecified atom stereocenters. The fourth-order valence-corrected chi connectivity index (χ4v) is 3.12. The van der Waals surface area contributed by atoms with Gasteiger partial charge >= 0.3 is 0 Å². The van der Waals surface area contributed by atoms with Gasteiger partial charge in [-0.05, 0) is 17.7 Å². The van der Waals surface area contributed by atoms with Crippen molar-refractivity contribution in [3.05, 3.63) is 65.7 Å². The van der Waals surface area contributed by atoms with Gasteiger partial charge in [-0.2, -0.15) is 0 Å². The normalized spacial score (nSPS) is 10.7. The molecule has 0 heterocycles. The second kappa shape index (κ2) is 7.82. The average Bonchev–Trinajstić information content (AvgIpc) is 2.52. The van der Waals surface area contributed by atoms with Crippen molar-refractivity contribution in [2.24, 2.45) is 0 Å². The molecule has 0 atom stereocenters. The maximum absolute atomic E-state index is 12.0. The summed E-state index contributed by atoms with van der Waals surface area (Å²) in [4.78, 5) is 1.98. The molecule has 2 aromatic carbocycles.